The first-order valence-electron chi connectivity index (χ1n) is 7.37. The van der Waals surface area contributed by atoms with Gasteiger partial charge in [-0.1, -0.05) is 28.1 Å². The average molecular weight is 356 g/mol. The zero-order valence-corrected chi connectivity index (χ0v) is 14.3. The Kier molecular flexibility index (Phi) is 4.75. The van der Waals surface area contributed by atoms with Crippen molar-refractivity contribution >= 4 is 27.7 Å². The van der Waals surface area contributed by atoms with E-state index < -0.39 is 0 Å². The third-order valence-electron chi connectivity index (χ3n) is 4.61. The lowest BCUT2D eigenvalue weighted by molar-refractivity contribution is -0.0850. The van der Waals surface area contributed by atoms with Crippen LogP contribution in [0, 0.1) is 5.92 Å². The van der Waals surface area contributed by atoms with Crippen molar-refractivity contribution in [1.29, 1.82) is 0 Å². The summed E-state index contributed by atoms with van der Waals surface area (Å²) in [6, 6.07) is 9.18. The summed E-state index contributed by atoms with van der Waals surface area (Å²) in [6.07, 6.45) is 3.58. The van der Waals surface area contributed by atoms with Gasteiger partial charge >= 0.3 is 0 Å². The molecule has 3 unspecified atom stereocenters. The van der Waals surface area contributed by atoms with Crippen LogP contribution in [0.3, 0.4) is 0 Å². The van der Waals surface area contributed by atoms with Crippen molar-refractivity contribution in [3.63, 3.8) is 0 Å². The second kappa shape index (κ2) is 6.39. The quantitative estimate of drug-likeness (QED) is 0.884. The third-order valence-corrected chi connectivity index (χ3v) is 6.36. The molecule has 110 valence electrons. The van der Waals surface area contributed by atoms with E-state index in [-0.39, 0.29) is 5.60 Å². The summed E-state index contributed by atoms with van der Waals surface area (Å²) in [7, 11) is 2.08. The highest BCUT2D eigenvalue weighted by atomic mass is 79.9. The maximum absolute atomic E-state index is 6.15. The first-order valence-corrected chi connectivity index (χ1v) is 9.32. The van der Waals surface area contributed by atoms with E-state index in [1.807, 2.05) is 11.8 Å². The Morgan fingerprint density at radius 2 is 2.20 bits per heavy atom. The lowest BCUT2D eigenvalue weighted by Crippen LogP contribution is -2.43. The van der Waals surface area contributed by atoms with Crippen molar-refractivity contribution < 1.29 is 4.74 Å². The molecule has 1 N–H and O–H groups in total. The molecule has 0 bridgehead atoms. The molecule has 20 heavy (non-hydrogen) atoms. The highest BCUT2D eigenvalue weighted by Crippen LogP contribution is 2.43. The number of hydrogen-bond acceptors (Lipinski definition) is 3. The normalized spacial score (nSPS) is 31.6. The van der Waals surface area contributed by atoms with Crippen LogP contribution in [0.5, 0.6) is 0 Å². The molecule has 0 aromatic heterocycles. The molecule has 4 heteroatoms. The van der Waals surface area contributed by atoms with Gasteiger partial charge in [-0.3, -0.25) is 0 Å². The maximum Gasteiger partial charge on any atom is 0.0783 e. The van der Waals surface area contributed by atoms with Crippen LogP contribution >= 0.6 is 27.7 Å². The summed E-state index contributed by atoms with van der Waals surface area (Å²) < 4.78 is 7.30. The molecule has 0 saturated carbocycles. The van der Waals surface area contributed by atoms with Gasteiger partial charge < -0.3 is 10.1 Å². The van der Waals surface area contributed by atoms with Crippen LogP contribution in [0.1, 0.15) is 30.9 Å². The Morgan fingerprint density at radius 1 is 1.40 bits per heavy atom. The zero-order valence-electron chi connectivity index (χ0n) is 11.9. The average Bonchev–Trinajstić information content (AvgIpc) is 2.90. The van der Waals surface area contributed by atoms with Crippen LogP contribution in [-0.2, 0) is 4.74 Å². The molecular formula is C16H22BrNOS. The van der Waals surface area contributed by atoms with Crippen molar-refractivity contribution in [3.8, 4) is 0 Å². The Bertz CT molecular complexity index is 444. The molecule has 1 spiro atoms. The second-order valence-electron chi connectivity index (χ2n) is 5.90. The minimum absolute atomic E-state index is 0.165. The number of ether oxygens (including phenoxy) is 1. The number of thioether (sulfide) groups is 1. The molecule has 0 aliphatic carbocycles. The minimum Gasteiger partial charge on any atom is -0.374 e. The lowest BCUT2D eigenvalue weighted by atomic mass is 9.79. The SMILES string of the molecule is CNC(c1ccc(Br)cc1)C1CCOC2(CCSC2)C1. The topological polar surface area (TPSA) is 21.3 Å². The van der Waals surface area contributed by atoms with E-state index in [9.17, 15) is 0 Å². The molecule has 0 amide bonds. The molecule has 2 fully saturated rings. The molecule has 2 aliphatic heterocycles. The van der Waals surface area contributed by atoms with Gasteiger partial charge in [-0.2, -0.15) is 11.8 Å². The third kappa shape index (κ3) is 3.08. The van der Waals surface area contributed by atoms with Crippen LogP contribution in [0.4, 0.5) is 0 Å². The van der Waals surface area contributed by atoms with E-state index in [0.717, 1.165) is 17.5 Å². The molecule has 2 nitrogen and oxygen atoms in total. The van der Waals surface area contributed by atoms with E-state index in [1.54, 1.807) is 0 Å². The monoisotopic (exact) mass is 355 g/mol. The van der Waals surface area contributed by atoms with E-state index in [4.69, 9.17) is 4.74 Å². The predicted octanol–water partition coefficient (Wildman–Crippen LogP) is 4.01. The van der Waals surface area contributed by atoms with E-state index in [0.29, 0.717) is 12.0 Å². The Labute approximate surface area is 134 Å². The lowest BCUT2D eigenvalue weighted by Gasteiger charge is -2.41. The summed E-state index contributed by atoms with van der Waals surface area (Å²) in [5, 5.41) is 3.54. The number of benzene rings is 1. The van der Waals surface area contributed by atoms with Gasteiger partial charge in [0.2, 0.25) is 0 Å². The molecule has 2 heterocycles. The Balaban J connectivity index is 1.76. The molecule has 3 atom stereocenters. The first-order chi connectivity index (χ1) is 9.72. The molecule has 3 rings (SSSR count). The number of rotatable bonds is 3. The van der Waals surface area contributed by atoms with Crippen molar-refractivity contribution in [2.24, 2.45) is 5.92 Å². The van der Waals surface area contributed by atoms with Crippen molar-refractivity contribution in [1.82, 2.24) is 5.32 Å². The first kappa shape index (κ1) is 14.9. The van der Waals surface area contributed by atoms with Crippen LogP contribution in [0.2, 0.25) is 0 Å². The standard InChI is InChI=1S/C16H22BrNOS/c1-18-15(12-2-4-14(17)5-3-12)13-6-8-19-16(10-13)7-9-20-11-16/h2-5,13,15,18H,6-11H2,1H3. The van der Waals surface area contributed by atoms with Gasteiger partial charge in [-0.25, -0.2) is 0 Å². The fraction of sp³-hybridized carbons (Fsp3) is 0.625. The highest BCUT2D eigenvalue weighted by Gasteiger charge is 2.42. The van der Waals surface area contributed by atoms with Gasteiger partial charge in [-0.05, 0) is 55.7 Å². The van der Waals surface area contributed by atoms with Gasteiger partial charge in [0.25, 0.3) is 0 Å². The van der Waals surface area contributed by atoms with Crippen LogP contribution in [-0.4, -0.2) is 30.8 Å². The largest absolute Gasteiger partial charge is 0.374 e. The van der Waals surface area contributed by atoms with E-state index in [2.05, 4.69) is 52.6 Å². The van der Waals surface area contributed by atoms with Gasteiger partial charge in [0, 0.05) is 22.9 Å². The smallest absolute Gasteiger partial charge is 0.0783 e. The fourth-order valence-corrected chi connectivity index (χ4v) is 5.20. The Morgan fingerprint density at radius 3 is 2.85 bits per heavy atom. The van der Waals surface area contributed by atoms with Gasteiger partial charge in [-0.15, -0.1) is 0 Å². The van der Waals surface area contributed by atoms with Gasteiger partial charge in [0.05, 0.1) is 5.60 Å². The molecule has 2 saturated heterocycles. The molecule has 1 aromatic rings. The number of nitrogens with one attached hydrogen (secondary N) is 1. The van der Waals surface area contributed by atoms with E-state index in [1.165, 1.54) is 29.9 Å². The van der Waals surface area contributed by atoms with Gasteiger partial charge in [0.1, 0.15) is 0 Å². The van der Waals surface area contributed by atoms with Crippen molar-refractivity contribution in [2.75, 3.05) is 25.2 Å². The summed E-state index contributed by atoms with van der Waals surface area (Å²) in [6.45, 7) is 0.917. The zero-order chi connectivity index (χ0) is 14.0. The van der Waals surface area contributed by atoms with Crippen LogP contribution in [0.15, 0.2) is 28.7 Å². The summed E-state index contributed by atoms with van der Waals surface area (Å²) >= 11 is 5.57. The van der Waals surface area contributed by atoms with Crippen LogP contribution < -0.4 is 5.32 Å². The highest BCUT2D eigenvalue weighted by molar-refractivity contribution is 9.10. The molecular weight excluding hydrogens is 334 g/mol. The van der Waals surface area contributed by atoms with Crippen molar-refractivity contribution in [2.45, 2.75) is 30.9 Å². The molecule has 2 aliphatic rings. The summed E-state index contributed by atoms with van der Waals surface area (Å²) in [5.74, 6) is 3.11. The molecule has 1 aromatic carbocycles. The van der Waals surface area contributed by atoms with Gasteiger partial charge in [0.15, 0.2) is 0 Å². The maximum atomic E-state index is 6.15. The Hall–Kier alpha value is -0.0300. The second-order valence-corrected chi connectivity index (χ2v) is 7.93. The minimum atomic E-state index is 0.165. The van der Waals surface area contributed by atoms with E-state index >= 15 is 0 Å². The number of halogens is 1. The predicted molar refractivity (Wildman–Crippen MR) is 89.3 cm³/mol. The summed E-state index contributed by atoms with van der Waals surface area (Å²) in [5.41, 5.74) is 1.56. The summed E-state index contributed by atoms with van der Waals surface area (Å²) in [4.78, 5) is 0. The fourth-order valence-electron chi connectivity index (χ4n) is 3.56. The number of hydrogen-bond donors (Lipinski definition) is 1. The molecule has 0 radical (unpaired) electrons. The van der Waals surface area contributed by atoms with Crippen molar-refractivity contribution in [3.05, 3.63) is 34.3 Å². The van der Waals surface area contributed by atoms with Crippen LogP contribution in [0.25, 0.3) is 0 Å².